The third-order valence-electron chi connectivity index (χ3n) is 4.12. The predicted octanol–water partition coefficient (Wildman–Crippen LogP) is 3.04. The zero-order chi connectivity index (χ0) is 12.1. The number of pyridine rings is 1. The lowest BCUT2D eigenvalue weighted by atomic mass is 9.77. The topological polar surface area (TPSA) is 24.9 Å². The first kappa shape index (κ1) is 12.6. The Morgan fingerprint density at radius 1 is 1.35 bits per heavy atom. The molecular weight excluding hydrogens is 208 g/mol. The normalized spacial score (nSPS) is 26.7. The molecule has 3 unspecified atom stereocenters. The quantitative estimate of drug-likeness (QED) is 0.863. The summed E-state index contributed by atoms with van der Waals surface area (Å²) in [6.07, 6.45) is 10.5. The van der Waals surface area contributed by atoms with Gasteiger partial charge in [0.15, 0.2) is 0 Å². The van der Waals surface area contributed by atoms with E-state index in [0.29, 0.717) is 6.04 Å². The molecule has 0 aliphatic heterocycles. The van der Waals surface area contributed by atoms with Gasteiger partial charge in [-0.05, 0) is 55.8 Å². The first-order valence-corrected chi connectivity index (χ1v) is 6.85. The summed E-state index contributed by atoms with van der Waals surface area (Å²) in [6.45, 7) is 2.39. The van der Waals surface area contributed by atoms with Crippen molar-refractivity contribution >= 4 is 0 Å². The Morgan fingerprint density at radius 3 is 2.76 bits per heavy atom. The molecule has 2 rings (SSSR count). The number of nitrogens with zero attached hydrogens (tertiary/aromatic N) is 1. The molecule has 94 valence electrons. The molecule has 0 amide bonds. The van der Waals surface area contributed by atoms with E-state index in [1.54, 1.807) is 0 Å². The lowest BCUT2D eigenvalue weighted by Crippen LogP contribution is -2.37. The monoisotopic (exact) mass is 232 g/mol. The Bertz CT molecular complexity index is 323. The fraction of sp³-hybridized carbons (Fsp3) is 0.667. The standard InChI is InChI=1S/C15H24N2/c1-12-4-3-5-14(10-12)15(16-2)11-13-6-8-17-9-7-13/h6-9,12,14-16H,3-5,10-11H2,1-2H3. The van der Waals surface area contributed by atoms with E-state index in [-0.39, 0.29) is 0 Å². The summed E-state index contributed by atoms with van der Waals surface area (Å²) in [6, 6.07) is 4.90. The minimum absolute atomic E-state index is 0.625. The van der Waals surface area contributed by atoms with Crippen LogP contribution in [0.2, 0.25) is 0 Å². The molecule has 1 aromatic heterocycles. The van der Waals surface area contributed by atoms with Crippen molar-refractivity contribution < 1.29 is 0 Å². The summed E-state index contributed by atoms with van der Waals surface area (Å²) < 4.78 is 0. The van der Waals surface area contributed by atoms with E-state index in [1.807, 2.05) is 12.4 Å². The van der Waals surface area contributed by atoms with Crippen molar-refractivity contribution in [1.29, 1.82) is 0 Å². The number of aromatic nitrogens is 1. The van der Waals surface area contributed by atoms with E-state index in [1.165, 1.54) is 31.2 Å². The van der Waals surface area contributed by atoms with Gasteiger partial charge in [-0.1, -0.05) is 19.8 Å². The van der Waals surface area contributed by atoms with Crippen LogP contribution in [-0.2, 0) is 6.42 Å². The van der Waals surface area contributed by atoms with Gasteiger partial charge in [0.05, 0.1) is 0 Å². The van der Waals surface area contributed by atoms with Crippen molar-refractivity contribution in [3.63, 3.8) is 0 Å². The molecule has 1 aliphatic carbocycles. The van der Waals surface area contributed by atoms with Crippen LogP contribution in [0.25, 0.3) is 0 Å². The molecular formula is C15H24N2. The fourth-order valence-electron chi connectivity index (χ4n) is 3.12. The van der Waals surface area contributed by atoms with Crippen LogP contribution in [0.1, 0.15) is 38.2 Å². The number of rotatable bonds is 4. The van der Waals surface area contributed by atoms with Gasteiger partial charge < -0.3 is 5.32 Å². The molecule has 1 N–H and O–H groups in total. The summed E-state index contributed by atoms with van der Waals surface area (Å²) >= 11 is 0. The summed E-state index contributed by atoms with van der Waals surface area (Å²) in [4.78, 5) is 4.08. The molecule has 3 atom stereocenters. The molecule has 1 aromatic rings. The molecule has 17 heavy (non-hydrogen) atoms. The molecule has 1 saturated carbocycles. The van der Waals surface area contributed by atoms with E-state index in [2.05, 4.69) is 36.4 Å². The van der Waals surface area contributed by atoms with Gasteiger partial charge in [0.2, 0.25) is 0 Å². The highest BCUT2D eigenvalue weighted by Gasteiger charge is 2.25. The van der Waals surface area contributed by atoms with Gasteiger partial charge >= 0.3 is 0 Å². The van der Waals surface area contributed by atoms with Crippen LogP contribution < -0.4 is 5.32 Å². The highest BCUT2D eigenvalue weighted by molar-refractivity contribution is 5.11. The zero-order valence-corrected chi connectivity index (χ0v) is 11.0. The van der Waals surface area contributed by atoms with Gasteiger partial charge in [0, 0.05) is 18.4 Å². The van der Waals surface area contributed by atoms with Crippen molar-refractivity contribution in [2.45, 2.75) is 45.1 Å². The van der Waals surface area contributed by atoms with Gasteiger partial charge in [-0.25, -0.2) is 0 Å². The van der Waals surface area contributed by atoms with Crippen LogP contribution >= 0.6 is 0 Å². The predicted molar refractivity (Wildman–Crippen MR) is 71.9 cm³/mol. The van der Waals surface area contributed by atoms with Crippen molar-refractivity contribution in [2.24, 2.45) is 11.8 Å². The average Bonchev–Trinajstić information content (AvgIpc) is 2.37. The molecule has 0 spiro atoms. The maximum Gasteiger partial charge on any atom is 0.0270 e. The summed E-state index contributed by atoms with van der Waals surface area (Å²) in [5.74, 6) is 1.75. The summed E-state index contributed by atoms with van der Waals surface area (Å²) in [7, 11) is 2.10. The Labute approximate surface area is 105 Å². The van der Waals surface area contributed by atoms with Gasteiger partial charge in [-0.2, -0.15) is 0 Å². The Kier molecular flexibility index (Phi) is 4.55. The second kappa shape index (κ2) is 6.15. The smallest absolute Gasteiger partial charge is 0.0270 e. The highest BCUT2D eigenvalue weighted by Crippen LogP contribution is 2.31. The van der Waals surface area contributed by atoms with Gasteiger partial charge in [0.1, 0.15) is 0 Å². The van der Waals surface area contributed by atoms with Crippen molar-refractivity contribution in [3.8, 4) is 0 Å². The third kappa shape index (κ3) is 3.53. The van der Waals surface area contributed by atoms with Crippen LogP contribution in [0.15, 0.2) is 24.5 Å². The maximum atomic E-state index is 4.08. The van der Waals surface area contributed by atoms with Gasteiger partial charge in [-0.3, -0.25) is 4.98 Å². The lowest BCUT2D eigenvalue weighted by Gasteiger charge is -2.33. The third-order valence-corrected chi connectivity index (χ3v) is 4.12. The van der Waals surface area contributed by atoms with Crippen LogP contribution in [0, 0.1) is 11.8 Å². The first-order valence-electron chi connectivity index (χ1n) is 6.85. The number of nitrogens with one attached hydrogen (secondary N) is 1. The summed E-state index contributed by atoms with van der Waals surface area (Å²) in [5.41, 5.74) is 1.40. The minimum atomic E-state index is 0.625. The van der Waals surface area contributed by atoms with E-state index < -0.39 is 0 Å². The molecule has 1 aliphatic rings. The lowest BCUT2D eigenvalue weighted by molar-refractivity contribution is 0.227. The number of hydrogen-bond donors (Lipinski definition) is 1. The molecule has 1 fully saturated rings. The number of hydrogen-bond acceptors (Lipinski definition) is 2. The highest BCUT2D eigenvalue weighted by atomic mass is 14.9. The Balaban J connectivity index is 1.96. The second-order valence-electron chi connectivity index (χ2n) is 5.49. The summed E-state index contributed by atoms with van der Waals surface area (Å²) in [5, 5.41) is 3.52. The fourth-order valence-corrected chi connectivity index (χ4v) is 3.12. The molecule has 0 bridgehead atoms. The van der Waals surface area contributed by atoms with Crippen LogP contribution in [0.5, 0.6) is 0 Å². The van der Waals surface area contributed by atoms with Crippen LogP contribution in [0.3, 0.4) is 0 Å². The van der Waals surface area contributed by atoms with Crippen molar-refractivity contribution in [3.05, 3.63) is 30.1 Å². The van der Waals surface area contributed by atoms with Gasteiger partial charge in [-0.15, -0.1) is 0 Å². The van der Waals surface area contributed by atoms with Gasteiger partial charge in [0.25, 0.3) is 0 Å². The second-order valence-corrected chi connectivity index (χ2v) is 5.49. The van der Waals surface area contributed by atoms with Crippen LogP contribution in [0.4, 0.5) is 0 Å². The van der Waals surface area contributed by atoms with Crippen molar-refractivity contribution in [1.82, 2.24) is 10.3 Å². The van der Waals surface area contributed by atoms with E-state index in [4.69, 9.17) is 0 Å². The van der Waals surface area contributed by atoms with E-state index in [0.717, 1.165) is 18.3 Å². The number of likely N-dealkylation sites (N-methyl/N-ethyl adjacent to an activating group) is 1. The first-order chi connectivity index (χ1) is 8.29. The Morgan fingerprint density at radius 2 is 2.12 bits per heavy atom. The molecule has 2 heteroatoms. The zero-order valence-electron chi connectivity index (χ0n) is 11.0. The van der Waals surface area contributed by atoms with Crippen LogP contribution in [-0.4, -0.2) is 18.1 Å². The molecule has 0 saturated heterocycles. The average molecular weight is 232 g/mol. The SMILES string of the molecule is CNC(Cc1ccncc1)C1CCCC(C)C1. The molecule has 2 nitrogen and oxygen atoms in total. The van der Waals surface area contributed by atoms with E-state index in [9.17, 15) is 0 Å². The molecule has 0 radical (unpaired) electrons. The molecule has 1 heterocycles. The Hall–Kier alpha value is -0.890. The van der Waals surface area contributed by atoms with Crippen molar-refractivity contribution in [2.75, 3.05) is 7.05 Å². The maximum absolute atomic E-state index is 4.08. The largest absolute Gasteiger partial charge is 0.316 e. The van der Waals surface area contributed by atoms with E-state index >= 15 is 0 Å². The molecule has 0 aromatic carbocycles. The minimum Gasteiger partial charge on any atom is -0.316 e.